The highest BCUT2D eigenvalue weighted by atomic mass is 15.1. The Hall–Kier alpha value is -6.90. The molecule has 7 rings (SSSR count). The van der Waals surface area contributed by atoms with E-state index in [0.29, 0.717) is 5.70 Å². The fourth-order valence-electron chi connectivity index (χ4n) is 6.28. The van der Waals surface area contributed by atoms with Crippen molar-refractivity contribution in [3.8, 4) is 0 Å². The molecule has 0 aliphatic carbocycles. The van der Waals surface area contributed by atoms with Crippen LogP contribution in [0.25, 0.3) is 22.9 Å². The van der Waals surface area contributed by atoms with Gasteiger partial charge in [-0.15, -0.1) is 0 Å². The maximum absolute atomic E-state index is 6.68. The monoisotopic (exact) mass is 668 g/mol. The molecule has 0 saturated heterocycles. The molecule has 2 nitrogen and oxygen atoms in total. The highest BCUT2D eigenvalue weighted by Gasteiger charge is 2.13. The standard InChI is InChI=1S/C50H40N2/c51-50(38-37-49(42-22-10-3-11-23-42)43-24-12-4-13-25-43)44-31-35-47(36-32-44)52(45-26-14-5-15-27-45)46-33-29-39(30-34-46)17-16-28-48(40-18-6-1-7-19-40)41-20-8-2-9-21-41/h1-38H,51H2. The number of hydrogen-bond donors (Lipinski definition) is 1. The molecule has 0 atom stereocenters. The van der Waals surface area contributed by atoms with Gasteiger partial charge in [-0.1, -0.05) is 188 Å². The SMILES string of the molecule is NC(=CC=C(c1ccccc1)c1ccccc1)c1ccc(N(c2ccccc2)c2ccc(C=CC=C(c3ccccc3)c3ccccc3)cc2)cc1. The van der Waals surface area contributed by atoms with E-state index in [0.717, 1.165) is 44.9 Å². The first-order chi connectivity index (χ1) is 25.7. The molecule has 0 fully saturated rings. The Labute approximate surface area is 307 Å². The number of para-hydroxylation sites is 1. The van der Waals surface area contributed by atoms with Crippen molar-refractivity contribution in [2.45, 2.75) is 0 Å². The molecular formula is C50H40N2. The second-order valence-electron chi connectivity index (χ2n) is 12.4. The van der Waals surface area contributed by atoms with E-state index < -0.39 is 0 Å². The summed E-state index contributed by atoms with van der Waals surface area (Å²) < 4.78 is 0. The van der Waals surface area contributed by atoms with E-state index in [1.807, 2.05) is 24.3 Å². The van der Waals surface area contributed by atoms with Gasteiger partial charge >= 0.3 is 0 Å². The molecule has 0 saturated carbocycles. The van der Waals surface area contributed by atoms with Crippen molar-refractivity contribution in [2.75, 3.05) is 4.90 Å². The van der Waals surface area contributed by atoms with Gasteiger partial charge in [0.25, 0.3) is 0 Å². The minimum atomic E-state index is 0.704. The van der Waals surface area contributed by atoms with Crippen LogP contribution >= 0.6 is 0 Å². The van der Waals surface area contributed by atoms with E-state index in [9.17, 15) is 0 Å². The predicted octanol–water partition coefficient (Wildman–Crippen LogP) is 12.7. The van der Waals surface area contributed by atoms with E-state index in [1.165, 1.54) is 16.7 Å². The van der Waals surface area contributed by atoms with E-state index in [2.05, 4.69) is 211 Å². The molecule has 0 aliphatic rings. The van der Waals surface area contributed by atoms with Gasteiger partial charge in [-0.05, 0) is 87.0 Å². The summed E-state index contributed by atoms with van der Waals surface area (Å²) in [6.07, 6.45) is 10.6. The second kappa shape index (κ2) is 16.7. The van der Waals surface area contributed by atoms with Crippen molar-refractivity contribution < 1.29 is 0 Å². The zero-order chi connectivity index (χ0) is 35.4. The molecule has 0 aromatic heterocycles. The molecular weight excluding hydrogens is 629 g/mol. The van der Waals surface area contributed by atoms with Crippen LogP contribution in [0.4, 0.5) is 17.1 Å². The van der Waals surface area contributed by atoms with Crippen molar-refractivity contribution in [2.24, 2.45) is 5.73 Å². The fraction of sp³-hybridized carbons (Fsp3) is 0. The van der Waals surface area contributed by atoms with Crippen LogP contribution in [-0.2, 0) is 0 Å². The lowest BCUT2D eigenvalue weighted by atomic mass is 9.97. The number of nitrogens with zero attached hydrogens (tertiary/aromatic N) is 1. The van der Waals surface area contributed by atoms with Gasteiger partial charge in [-0.25, -0.2) is 0 Å². The molecule has 0 amide bonds. The summed E-state index contributed by atoms with van der Waals surface area (Å²) in [4.78, 5) is 2.27. The second-order valence-corrected chi connectivity index (χ2v) is 12.4. The molecule has 0 bridgehead atoms. The summed E-state index contributed by atoms with van der Waals surface area (Å²) >= 11 is 0. The maximum Gasteiger partial charge on any atom is 0.0462 e. The first kappa shape index (κ1) is 33.6. The molecule has 0 heterocycles. The van der Waals surface area contributed by atoms with Crippen LogP contribution in [0.5, 0.6) is 0 Å². The quantitative estimate of drug-likeness (QED) is 0.139. The number of nitrogens with two attached hydrogens (primary N) is 1. The Morgan fingerprint density at radius 3 is 1.15 bits per heavy atom. The van der Waals surface area contributed by atoms with Crippen LogP contribution in [-0.4, -0.2) is 0 Å². The Bertz CT molecular complexity index is 2200. The van der Waals surface area contributed by atoms with Gasteiger partial charge < -0.3 is 10.6 Å². The zero-order valence-electron chi connectivity index (χ0n) is 29.0. The lowest BCUT2D eigenvalue weighted by Gasteiger charge is -2.25. The molecule has 52 heavy (non-hydrogen) atoms. The van der Waals surface area contributed by atoms with Crippen molar-refractivity contribution in [1.29, 1.82) is 0 Å². The number of benzene rings is 7. The normalized spacial score (nSPS) is 11.2. The number of allylic oxidation sites excluding steroid dienone is 4. The summed E-state index contributed by atoms with van der Waals surface area (Å²) in [5.74, 6) is 0. The summed E-state index contributed by atoms with van der Waals surface area (Å²) in [6.45, 7) is 0. The average molecular weight is 669 g/mol. The lowest BCUT2D eigenvalue weighted by Crippen LogP contribution is -2.10. The highest BCUT2D eigenvalue weighted by Crippen LogP contribution is 2.35. The van der Waals surface area contributed by atoms with Gasteiger partial charge in [0.2, 0.25) is 0 Å². The first-order valence-electron chi connectivity index (χ1n) is 17.6. The summed E-state index contributed by atoms with van der Waals surface area (Å²) in [5, 5.41) is 0. The summed E-state index contributed by atoms with van der Waals surface area (Å²) in [7, 11) is 0. The smallest absolute Gasteiger partial charge is 0.0462 e. The van der Waals surface area contributed by atoms with Crippen LogP contribution in [0, 0.1) is 0 Å². The zero-order valence-corrected chi connectivity index (χ0v) is 29.0. The van der Waals surface area contributed by atoms with Crippen LogP contribution in [0.2, 0.25) is 0 Å². The third-order valence-corrected chi connectivity index (χ3v) is 8.94. The molecule has 2 N–H and O–H groups in total. The van der Waals surface area contributed by atoms with E-state index >= 15 is 0 Å². The Balaban J connectivity index is 1.14. The van der Waals surface area contributed by atoms with Crippen LogP contribution in [0.15, 0.2) is 224 Å². The van der Waals surface area contributed by atoms with Crippen molar-refractivity contribution in [3.63, 3.8) is 0 Å². The van der Waals surface area contributed by atoms with Crippen molar-refractivity contribution in [1.82, 2.24) is 0 Å². The fourth-order valence-corrected chi connectivity index (χ4v) is 6.28. The minimum absolute atomic E-state index is 0.704. The van der Waals surface area contributed by atoms with Crippen LogP contribution in [0.3, 0.4) is 0 Å². The number of hydrogen-bond acceptors (Lipinski definition) is 2. The average Bonchev–Trinajstić information content (AvgIpc) is 3.22. The van der Waals surface area contributed by atoms with Gasteiger partial charge in [0.05, 0.1) is 0 Å². The van der Waals surface area contributed by atoms with E-state index in [1.54, 1.807) is 0 Å². The molecule has 0 unspecified atom stereocenters. The van der Waals surface area contributed by atoms with Gasteiger partial charge in [-0.2, -0.15) is 0 Å². The molecule has 0 aliphatic heterocycles. The molecule has 7 aromatic rings. The number of anilines is 3. The first-order valence-corrected chi connectivity index (χ1v) is 17.6. The Morgan fingerprint density at radius 2 is 0.712 bits per heavy atom. The molecule has 7 aromatic carbocycles. The van der Waals surface area contributed by atoms with Gasteiger partial charge in [0.1, 0.15) is 0 Å². The van der Waals surface area contributed by atoms with Gasteiger partial charge in [0, 0.05) is 22.8 Å². The van der Waals surface area contributed by atoms with Gasteiger partial charge in [-0.3, -0.25) is 0 Å². The topological polar surface area (TPSA) is 29.3 Å². The highest BCUT2D eigenvalue weighted by molar-refractivity contribution is 5.84. The largest absolute Gasteiger partial charge is 0.398 e. The number of rotatable bonds is 11. The van der Waals surface area contributed by atoms with Crippen molar-refractivity contribution in [3.05, 3.63) is 258 Å². The predicted molar refractivity (Wildman–Crippen MR) is 222 cm³/mol. The maximum atomic E-state index is 6.68. The summed E-state index contributed by atoms with van der Waals surface area (Å²) in [6, 6.07) is 69.5. The van der Waals surface area contributed by atoms with E-state index in [4.69, 9.17) is 5.73 Å². The Kier molecular flexibility index (Phi) is 10.8. The minimum Gasteiger partial charge on any atom is -0.398 e. The van der Waals surface area contributed by atoms with Crippen LogP contribution < -0.4 is 10.6 Å². The third kappa shape index (κ3) is 8.27. The van der Waals surface area contributed by atoms with E-state index in [-0.39, 0.29) is 0 Å². The summed E-state index contributed by atoms with van der Waals surface area (Å²) in [5.41, 5.74) is 19.7. The molecule has 2 heteroatoms. The lowest BCUT2D eigenvalue weighted by molar-refractivity contribution is 1.28. The van der Waals surface area contributed by atoms with Gasteiger partial charge in [0.15, 0.2) is 0 Å². The molecule has 250 valence electrons. The Morgan fingerprint density at radius 1 is 0.346 bits per heavy atom. The van der Waals surface area contributed by atoms with Crippen LogP contribution in [0.1, 0.15) is 33.4 Å². The van der Waals surface area contributed by atoms with Crippen molar-refractivity contribution >= 4 is 40.0 Å². The molecule has 0 spiro atoms. The third-order valence-electron chi connectivity index (χ3n) is 8.94. The molecule has 0 radical (unpaired) electrons.